The highest BCUT2D eigenvalue weighted by molar-refractivity contribution is 7.15. The molecule has 7 nitrogen and oxygen atoms in total. The van der Waals surface area contributed by atoms with Gasteiger partial charge in [0.15, 0.2) is 0 Å². The number of anilines is 2. The number of carbonyl (C=O) groups is 2. The molecule has 22 heavy (non-hydrogen) atoms. The number of aryl methyl sites for hydroxylation is 1. The van der Waals surface area contributed by atoms with E-state index in [-0.39, 0.29) is 24.8 Å². The summed E-state index contributed by atoms with van der Waals surface area (Å²) in [4.78, 5) is 25.8. The van der Waals surface area contributed by atoms with Crippen molar-refractivity contribution in [3.8, 4) is 5.75 Å². The molecule has 0 atom stereocenters. The highest BCUT2D eigenvalue weighted by atomic mass is 32.1. The average molecular weight is 318 g/mol. The highest BCUT2D eigenvalue weighted by Crippen LogP contribution is 2.30. The van der Waals surface area contributed by atoms with Crippen molar-refractivity contribution in [2.45, 2.75) is 13.3 Å². The summed E-state index contributed by atoms with van der Waals surface area (Å²) >= 11 is 1.29. The molecule has 0 saturated carbocycles. The molecule has 3 rings (SSSR count). The molecule has 2 aromatic rings. The Balaban J connectivity index is 1.77. The van der Waals surface area contributed by atoms with Crippen LogP contribution < -0.4 is 15.0 Å². The lowest BCUT2D eigenvalue weighted by Crippen LogP contribution is -2.37. The van der Waals surface area contributed by atoms with Crippen molar-refractivity contribution >= 4 is 34.0 Å². The maximum Gasteiger partial charge on any atom is 0.246 e. The summed E-state index contributed by atoms with van der Waals surface area (Å²) in [7, 11) is 0. The van der Waals surface area contributed by atoms with E-state index in [1.807, 2.05) is 6.07 Å². The van der Waals surface area contributed by atoms with Gasteiger partial charge in [-0.2, -0.15) is 0 Å². The lowest BCUT2D eigenvalue weighted by atomic mass is 10.2. The molecule has 0 bridgehead atoms. The maximum absolute atomic E-state index is 12.2. The Morgan fingerprint density at radius 2 is 2.23 bits per heavy atom. The number of hydrogen-bond acceptors (Lipinski definition) is 6. The standard InChI is InChI=1S/C14H14N4O3S/c1-9-16-17-14(22-9)15-12(19)8-18-10-4-2-3-5-11(10)21-7-6-13(18)20/h2-5H,6-8H2,1H3,(H,15,17,19). The fourth-order valence-electron chi connectivity index (χ4n) is 2.14. The van der Waals surface area contributed by atoms with Gasteiger partial charge in [0.1, 0.15) is 17.3 Å². The quantitative estimate of drug-likeness (QED) is 0.929. The van der Waals surface area contributed by atoms with Gasteiger partial charge in [0.2, 0.25) is 16.9 Å². The number of benzene rings is 1. The summed E-state index contributed by atoms with van der Waals surface area (Å²) in [5.41, 5.74) is 0.605. The number of carbonyl (C=O) groups excluding carboxylic acids is 2. The van der Waals surface area contributed by atoms with Gasteiger partial charge in [-0.25, -0.2) is 0 Å². The molecule has 1 aliphatic rings. The number of rotatable bonds is 3. The lowest BCUT2D eigenvalue weighted by molar-refractivity contribution is -0.121. The van der Waals surface area contributed by atoms with Crippen LogP contribution in [-0.4, -0.2) is 35.2 Å². The monoisotopic (exact) mass is 318 g/mol. The highest BCUT2D eigenvalue weighted by Gasteiger charge is 2.25. The normalized spacial score (nSPS) is 14.0. The van der Waals surface area contributed by atoms with Crippen LogP contribution in [0.5, 0.6) is 5.75 Å². The smallest absolute Gasteiger partial charge is 0.246 e. The summed E-state index contributed by atoms with van der Waals surface area (Å²) in [5, 5.41) is 11.5. The predicted molar refractivity (Wildman–Crippen MR) is 82.2 cm³/mol. The summed E-state index contributed by atoms with van der Waals surface area (Å²) in [6, 6.07) is 7.19. The first kappa shape index (κ1) is 14.5. The number of nitrogens with one attached hydrogen (secondary N) is 1. The van der Waals surface area contributed by atoms with Gasteiger partial charge in [-0.1, -0.05) is 23.5 Å². The van der Waals surface area contributed by atoms with E-state index in [4.69, 9.17) is 4.74 Å². The SMILES string of the molecule is Cc1nnc(NC(=O)CN2C(=O)CCOc3ccccc32)s1. The number of amides is 2. The van der Waals surface area contributed by atoms with Crippen LogP contribution in [0.3, 0.4) is 0 Å². The average Bonchev–Trinajstić information content (AvgIpc) is 2.83. The van der Waals surface area contributed by atoms with Gasteiger partial charge in [-0.05, 0) is 19.1 Å². The van der Waals surface area contributed by atoms with Crippen molar-refractivity contribution in [3.05, 3.63) is 29.3 Å². The molecule has 1 aliphatic heterocycles. The van der Waals surface area contributed by atoms with Crippen LogP contribution >= 0.6 is 11.3 Å². The van der Waals surface area contributed by atoms with Gasteiger partial charge >= 0.3 is 0 Å². The molecule has 0 aliphatic carbocycles. The van der Waals surface area contributed by atoms with E-state index in [0.717, 1.165) is 5.01 Å². The number of para-hydroxylation sites is 2. The van der Waals surface area contributed by atoms with E-state index < -0.39 is 0 Å². The maximum atomic E-state index is 12.2. The second-order valence-electron chi connectivity index (χ2n) is 4.72. The molecule has 0 spiro atoms. The van der Waals surface area contributed by atoms with Crippen molar-refractivity contribution in [1.29, 1.82) is 0 Å². The number of nitrogens with zero attached hydrogens (tertiary/aromatic N) is 3. The second-order valence-corrected chi connectivity index (χ2v) is 5.90. The van der Waals surface area contributed by atoms with Gasteiger partial charge in [0, 0.05) is 0 Å². The molecule has 2 heterocycles. The zero-order valence-electron chi connectivity index (χ0n) is 11.9. The van der Waals surface area contributed by atoms with Crippen LogP contribution in [0.15, 0.2) is 24.3 Å². The Morgan fingerprint density at radius 1 is 1.41 bits per heavy atom. The third-order valence-corrected chi connectivity index (χ3v) is 3.86. The van der Waals surface area contributed by atoms with Crippen LogP contribution in [0, 0.1) is 6.92 Å². The fourth-order valence-corrected chi connectivity index (χ4v) is 2.75. The molecule has 0 unspecified atom stereocenters. The zero-order valence-corrected chi connectivity index (χ0v) is 12.7. The predicted octanol–water partition coefficient (Wildman–Crippen LogP) is 1.60. The Labute approximate surface area is 130 Å². The van der Waals surface area contributed by atoms with E-state index >= 15 is 0 Å². The Kier molecular flexibility index (Phi) is 4.01. The minimum Gasteiger partial charge on any atom is -0.491 e. The Bertz CT molecular complexity index is 716. The molecule has 2 amide bonds. The Morgan fingerprint density at radius 3 is 3.00 bits per heavy atom. The minimum absolute atomic E-state index is 0.0855. The number of ether oxygens (including phenoxy) is 1. The Hall–Kier alpha value is -2.48. The van der Waals surface area contributed by atoms with Crippen LogP contribution in [0.4, 0.5) is 10.8 Å². The van der Waals surface area contributed by atoms with Crippen LogP contribution in [0.25, 0.3) is 0 Å². The minimum atomic E-state index is -0.318. The zero-order chi connectivity index (χ0) is 15.5. The molecule has 8 heteroatoms. The topological polar surface area (TPSA) is 84.4 Å². The van der Waals surface area contributed by atoms with E-state index in [1.165, 1.54) is 16.2 Å². The molecule has 1 N–H and O–H groups in total. The first-order valence-electron chi connectivity index (χ1n) is 6.75. The number of aromatic nitrogens is 2. The third kappa shape index (κ3) is 3.06. The molecule has 114 valence electrons. The van der Waals surface area contributed by atoms with E-state index in [1.54, 1.807) is 25.1 Å². The molecule has 0 saturated heterocycles. The first-order valence-corrected chi connectivity index (χ1v) is 7.57. The number of fused-ring (bicyclic) bond motifs is 1. The van der Waals surface area contributed by atoms with Crippen LogP contribution in [0.1, 0.15) is 11.4 Å². The van der Waals surface area contributed by atoms with Crippen LogP contribution in [-0.2, 0) is 9.59 Å². The van der Waals surface area contributed by atoms with Crippen molar-refractivity contribution < 1.29 is 14.3 Å². The first-order chi connectivity index (χ1) is 10.6. The van der Waals surface area contributed by atoms with Crippen molar-refractivity contribution in [2.24, 2.45) is 0 Å². The molecule has 1 aromatic heterocycles. The van der Waals surface area contributed by atoms with Gasteiger partial charge < -0.3 is 4.74 Å². The molecule has 0 radical (unpaired) electrons. The molecular formula is C14H14N4O3S. The van der Waals surface area contributed by atoms with E-state index in [9.17, 15) is 9.59 Å². The third-order valence-electron chi connectivity index (χ3n) is 3.10. The second kappa shape index (κ2) is 6.10. The van der Waals surface area contributed by atoms with Gasteiger partial charge in [-0.3, -0.25) is 19.8 Å². The fraction of sp³-hybridized carbons (Fsp3) is 0.286. The van der Waals surface area contributed by atoms with Gasteiger partial charge in [-0.15, -0.1) is 10.2 Å². The van der Waals surface area contributed by atoms with Crippen LogP contribution in [0.2, 0.25) is 0 Å². The van der Waals surface area contributed by atoms with E-state index in [0.29, 0.717) is 23.2 Å². The molecular weight excluding hydrogens is 304 g/mol. The summed E-state index contributed by atoms with van der Waals surface area (Å²) in [6.45, 7) is 2.03. The lowest BCUT2D eigenvalue weighted by Gasteiger charge is -2.20. The van der Waals surface area contributed by atoms with Gasteiger partial charge in [0.25, 0.3) is 0 Å². The molecule has 1 aromatic carbocycles. The van der Waals surface area contributed by atoms with Crippen molar-refractivity contribution in [3.63, 3.8) is 0 Å². The van der Waals surface area contributed by atoms with Crippen molar-refractivity contribution in [2.75, 3.05) is 23.4 Å². The largest absolute Gasteiger partial charge is 0.491 e. The van der Waals surface area contributed by atoms with Gasteiger partial charge in [0.05, 0.1) is 18.7 Å². The summed E-state index contributed by atoms with van der Waals surface area (Å²) in [6.07, 6.45) is 0.236. The number of hydrogen-bond donors (Lipinski definition) is 1. The summed E-state index contributed by atoms with van der Waals surface area (Å²) in [5.74, 6) is 0.141. The molecule has 0 fully saturated rings. The van der Waals surface area contributed by atoms with Crippen molar-refractivity contribution in [1.82, 2.24) is 10.2 Å². The summed E-state index contributed by atoms with van der Waals surface area (Å²) < 4.78 is 5.54. The van der Waals surface area contributed by atoms with E-state index in [2.05, 4.69) is 15.5 Å².